The van der Waals surface area contributed by atoms with Crippen LogP contribution in [0.4, 0.5) is 5.00 Å². The predicted octanol–water partition coefficient (Wildman–Crippen LogP) is 1.50. The molecule has 0 aromatic carbocycles. The van der Waals surface area contributed by atoms with Crippen LogP contribution in [0.1, 0.15) is 17.1 Å². The van der Waals surface area contributed by atoms with Gasteiger partial charge in [-0.2, -0.15) is 5.10 Å². The van der Waals surface area contributed by atoms with E-state index >= 15 is 0 Å². The van der Waals surface area contributed by atoms with Gasteiger partial charge in [0.2, 0.25) is 0 Å². The average molecular weight is 267 g/mol. The number of aromatic nitrogens is 3. The zero-order valence-electron chi connectivity index (χ0n) is 9.63. The molecule has 0 aliphatic heterocycles. The van der Waals surface area contributed by atoms with Crippen molar-refractivity contribution in [1.29, 1.82) is 0 Å². The number of hydrogen-bond acceptors (Lipinski definition) is 6. The van der Waals surface area contributed by atoms with Crippen LogP contribution in [0.2, 0.25) is 0 Å². The molecule has 0 fully saturated rings. The van der Waals surface area contributed by atoms with E-state index in [1.165, 1.54) is 23.7 Å². The first-order valence-corrected chi connectivity index (χ1v) is 6.35. The lowest BCUT2D eigenvalue weighted by atomic mass is 10.3. The summed E-state index contributed by atoms with van der Waals surface area (Å²) in [4.78, 5) is 15.1. The van der Waals surface area contributed by atoms with Gasteiger partial charge in [-0.1, -0.05) is 11.3 Å². The van der Waals surface area contributed by atoms with Crippen LogP contribution >= 0.6 is 11.3 Å². The Morgan fingerprint density at radius 2 is 2.39 bits per heavy atom. The van der Waals surface area contributed by atoms with E-state index in [2.05, 4.69) is 20.5 Å². The molecule has 18 heavy (non-hydrogen) atoms. The normalized spacial score (nSPS) is 10.7. The standard InChI is InChI=1S/C10H13N5O2S/c16-15(17)10-4-3-8(18-10)6-11-5-1-2-9-12-7-13-14-9/h3-4,7,11H,1-2,5-6H2,(H,12,13,14). The van der Waals surface area contributed by atoms with Gasteiger partial charge in [0.05, 0.1) is 4.92 Å². The summed E-state index contributed by atoms with van der Waals surface area (Å²) in [7, 11) is 0. The maximum Gasteiger partial charge on any atom is 0.324 e. The van der Waals surface area contributed by atoms with Crippen LogP contribution in [0, 0.1) is 10.1 Å². The minimum absolute atomic E-state index is 0.188. The highest BCUT2D eigenvalue weighted by molar-refractivity contribution is 7.15. The number of nitrogens with one attached hydrogen (secondary N) is 2. The van der Waals surface area contributed by atoms with Crippen molar-refractivity contribution in [1.82, 2.24) is 20.5 Å². The van der Waals surface area contributed by atoms with Crippen molar-refractivity contribution < 1.29 is 4.92 Å². The Labute approximate surface area is 107 Å². The molecule has 2 aromatic heterocycles. The van der Waals surface area contributed by atoms with Crippen LogP contribution in [-0.4, -0.2) is 26.6 Å². The van der Waals surface area contributed by atoms with Gasteiger partial charge in [0.1, 0.15) is 12.2 Å². The number of rotatable bonds is 7. The van der Waals surface area contributed by atoms with Gasteiger partial charge in [-0.25, -0.2) is 4.98 Å². The molecule has 0 aliphatic carbocycles. The molecule has 0 unspecified atom stereocenters. The molecule has 2 N–H and O–H groups in total. The van der Waals surface area contributed by atoms with E-state index in [9.17, 15) is 10.1 Å². The average Bonchev–Trinajstić information content (AvgIpc) is 2.98. The summed E-state index contributed by atoms with van der Waals surface area (Å²) in [5, 5.41) is 20.5. The zero-order valence-corrected chi connectivity index (χ0v) is 10.4. The van der Waals surface area contributed by atoms with E-state index in [1.807, 2.05) is 0 Å². The van der Waals surface area contributed by atoms with Gasteiger partial charge >= 0.3 is 5.00 Å². The summed E-state index contributed by atoms with van der Waals surface area (Å²) in [5.41, 5.74) is 0. The fourth-order valence-electron chi connectivity index (χ4n) is 1.50. The number of thiophene rings is 1. The van der Waals surface area contributed by atoms with Gasteiger partial charge in [-0.15, -0.1) is 0 Å². The smallest absolute Gasteiger partial charge is 0.312 e. The van der Waals surface area contributed by atoms with Crippen LogP contribution in [0.3, 0.4) is 0 Å². The lowest BCUT2D eigenvalue weighted by Gasteiger charge is -2.01. The molecule has 2 aromatic rings. The van der Waals surface area contributed by atoms with E-state index in [0.29, 0.717) is 6.54 Å². The van der Waals surface area contributed by atoms with Crippen LogP contribution in [-0.2, 0) is 13.0 Å². The third-order valence-electron chi connectivity index (χ3n) is 2.36. The second kappa shape index (κ2) is 6.22. The van der Waals surface area contributed by atoms with Crippen LogP contribution in [0.5, 0.6) is 0 Å². The van der Waals surface area contributed by atoms with Crippen molar-refractivity contribution in [2.75, 3.05) is 6.54 Å². The van der Waals surface area contributed by atoms with Gasteiger partial charge in [-0.3, -0.25) is 15.2 Å². The summed E-state index contributed by atoms with van der Waals surface area (Å²) >= 11 is 1.21. The Morgan fingerprint density at radius 3 is 3.06 bits per heavy atom. The van der Waals surface area contributed by atoms with Crippen molar-refractivity contribution in [2.45, 2.75) is 19.4 Å². The van der Waals surface area contributed by atoms with Crippen LogP contribution < -0.4 is 5.32 Å². The fourth-order valence-corrected chi connectivity index (χ4v) is 2.29. The summed E-state index contributed by atoms with van der Waals surface area (Å²) in [5.74, 6) is 0.878. The minimum Gasteiger partial charge on any atom is -0.312 e. The molecule has 2 rings (SSSR count). The molecule has 96 valence electrons. The molecule has 0 saturated carbocycles. The molecule has 0 amide bonds. The molecule has 0 spiro atoms. The summed E-state index contributed by atoms with van der Waals surface area (Å²) in [6.07, 6.45) is 3.29. The minimum atomic E-state index is -0.363. The molecule has 0 saturated heterocycles. The van der Waals surface area contributed by atoms with E-state index in [-0.39, 0.29) is 9.92 Å². The van der Waals surface area contributed by atoms with Crippen molar-refractivity contribution in [3.63, 3.8) is 0 Å². The maximum absolute atomic E-state index is 10.5. The molecule has 0 aliphatic rings. The van der Waals surface area contributed by atoms with Gasteiger partial charge in [0, 0.05) is 23.9 Å². The lowest BCUT2D eigenvalue weighted by Crippen LogP contribution is -2.14. The first-order chi connectivity index (χ1) is 8.75. The summed E-state index contributed by atoms with van der Waals surface area (Å²) in [6.45, 7) is 1.50. The van der Waals surface area contributed by atoms with Crippen molar-refractivity contribution >= 4 is 16.3 Å². The zero-order chi connectivity index (χ0) is 12.8. The highest BCUT2D eigenvalue weighted by Gasteiger charge is 2.08. The second-order valence-electron chi connectivity index (χ2n) is 3.71. The first kappa shape index (κ1) is 12.7. The Morgan fingerprint density at radius 1 is 1.50 bits per heavy atom. The predicted molar refractivity (Wildman–Crippen MR) is 67.4 cm³/mol. The maximum atomic E-state index is 10.5. The van der Waals surface area contributed by atoms with Crippen molar-refractivity contribution in [2.24, 2.45) is 0 Å². The largest absolute Gasteiger partial charge is 0.324 e. The van der Waals surface area contributed by atoms with Crippen LogP contribution in [0.25, 0.3) is 0 Å². The first-order valence-electron chi connectivity index (χ1n) is 5.54. The molecule has 0 atom stereocenters. The monoisotopic (exact) mass is 267 g/mol. The molecule has 0 bridgehead atoms. The van der Waals surface area contributed by atoms with E-state index in [0.717, 1.165) is 30.1 Å². The van der Waals surface area contributed by atoms with Gasteiger partial charge in [-0.05, 0) is 19.0 Å². The molecular weight excluding hydrogens is 254 g/mol. The van der Waals surface area contributed by atoms with Gasteiger partial charge in [0.25, 0.3) is 0 Å². The molecule has 8 heteroatoms. The van der Waals surface area contributed by atoms with Crippen molar-refractivity contribution in [3.8, 4) is 0 Å². The SMILES string of the molecule is O=[N+]([O-])c1ccc(CNCCCc2ncn[nH]2)s1. The molecule has 7 nitrogen and oxygen atoms in total. The third-order valence-corrected chi connectivity index (χ3v) is 3.40. The van der Waals surface area contributed by atoms with E-state index in [4.69, 9.17) is 0 Å². The fraction of sp³-hybridized carbons (Fsp3) is 0.400. The second-order valence-corrected chi connectivity index (χ2v) is 4.86. The van der Waals surface area contributed by atoms with Crippen LogP contribution in [0.15, 0.2) is 18.5 Å². The van der Waals surface area contributed by atoms with E-state index in [1.54, 1.807) is 6.07 Å². The van der Waals surface area contributed by atoms with Gasteiger partial charge in [0.15, 0.2) is 0 Å². The summed E-state index contributed by atoms with van der Waals surface area (Å²) < 4.78 is 0. The Kier molecular flexibility index (Phi) is 4.37. The highest BCUT2D eigenvalue weighted by atomic mass is 32.1. The third kappa shape index (κ3) is 3.60. The number of aryl methyl sites for hydroxylation is 1. The quantitative estimate of drug-likeness (QED) is 0.450. The Balaban J connectivity index is 1.64. The Bertz CT molecular complexity index is 496. The number of aromatic amines is 1. The highest BCUT2D eigenvalue weighted by Crippen LogP contribution is 2.23. The Hall–Kier alpha value is -1.80. The lowest BCUT2D eigenvalue weighted by molar-refractivity contribution is -0.380. The molecule has 2 heterocycles. The molecule has 0 radical (unpaired) electrons. The van der Waals surface area contributed by atoms with E-state index < -0.39 is 0 Å². The number of nitrogens with zero attached hydrogens (tertiary/aromatic N) is 3. The van der Waals surface area contributed by atoms with Crippen molar-refractivity contribution in [3.05, 3.63) is 39.3 Å². The number of H-pyrrole nitrogens is 1. The number of nitro groups is 1. The van der Waals surface area contributed by atoms with Gasteiger partial charge < -0.3 is 5.32 Å². The topological polar surface area (TPSA) is 96.7 Å². The molecular formula is C10H13N5O2S. The number of hydrogen-bond donors (Lipinski definition) is 2. The summed E-state index contributed by atoms with van der Waals surface area (Å²) in [6, 6.07) is 3.32.